The Labute approximate surface area is 114 Å². The lowest BCUT2D eigenvalue weighted by molar-refractivity contribution is 0.393. The van der Waals surface area contributed by atoms with Crippen molar-refractivity contribution in [3.8, 4) is 0 Å². The van der Waals surface area contributed by atoms with Crippen molar-refractivity contribution < 1.29 is 0 Å². The van der Waals surface area contributed by atoms with Crippen LogP contribution in [-0.4, -0.2) is 23.1 Å². The molecule has 1 aromatic rings. The fourth-order valence-electron chi connectivity index (χ4n) is 2.68. The fraction of sp³-hybridized carbons (Fsp3) is 0.714. The first kappa shape index (κ1) is 12.2. The van der Waals surface area contributed by atoms with E-state index in [2.05, 4.69) is 16.8 Å². The predicted molar refractivity (Wildman–Crippen MR) is 74.2 cm³/mol. The van der Waals surface area contributed by atoms with Crippen LogP contribution in [0.1, 0.15) is 50.8 Å². The van der Waals surface area contributed by atoms with Gasteiger partial charge in [0.05, 0.1) is 0 Å². The van der Waals surface area contributed by atoms with Crippen molar-refractivity contribution in [1.29, 1.82) is 0 Å². The van der Waals surface area contributed by atoms with Gasteiger partial charge in [0.1, 0.15) is 16.8 Å². The van der Waals surface area contributed by atoms with E-state index < -0.39 is 0 Å². The average molecular weight is 266 g/mol. The highest BCUT2D eigenvalue weighted by Gasteiger charge is 2.28. The third kappa shape index (κ3) is 2.61. The minimum absolute atomic E-state index is 0.565. The molecule has 18 heavy (non-hydrogen) atoms. The van der Waals surface area contributed by atoms with Crippen LogP contribution < -0.4 is 4.90 Å². The van der Waals surface area contributed by atoms with E-state index in [1.807, 2.05) is 6.07 Å². The van der Waals surface area contributed by atoms with E-state index in [4.69, 9.17) is 16.6 Å². The zero-order valence-electron chi connectivity index (χ0n) is 10.9. The van der Waals surface area contributed by atoms with Gasteiger partial charge >= 0.3 is 0 Å². The highest BCUT2D eigenvalue weighted by molar-refractivity contribution is 6.29. The zero-order valence-corrected chi connectivity index (χ0v) is 11.7. The second kappa shape index (κ2) is 5.04. The molecule has 0 N–H and O–H groups in total. The maximum Gasteiger partial charge on any atom is 0.135 e. The average Bonchev–Trinajstić information content (AvgIpc) is 3.22. The van der Waals surface area contributed by atoms with E-state index in [0.29, 0.717) is 11.1 Å². The molecule has 0 unspecified atom stereocenters. The van der Waals surface area contributed by atoms with Gasteiger partial charge in [-0.15, -0.1) is 0 Å². The molecule has 0 amide bonds. The van der Waals surface area contributed by atoms with E-state index >= 15 is 0 Å². The third-order valence-electron chi connectivity index (χ3n) is 4.16. The number of nitrogens with zero attached hydrogens (tertiary/aromatic N) is 3. The Hall–Kier alpha value is -0.830. The van der Waals surface area contributed by atoms with E-state index in [9.17, 15) is 0 Å². The van der Waals surface area contributed by atoms with Crippen LogP contribution >= 0.6 is 11.6 Å². The minimum atomic E-state index is 0.565. The monoisotopic (exact) mass is 265 g/mol. The summed E-state index contributed by atoms with van der Waals surface area (Å²) in [6, 6.07) is 1.92. The molecule has 3 rings (SSSR count). The second-order valence-corrected chi connectivity index (χ2v) is 5.91. The summed E-state index contributed by atoms with van der Waals surface area (Å²) in [6.07, 6.45) is 6.29. The largest absolute Gasteiger partial charge is 0.356 e. The molecule has 1 saturated carbocycles. The van der Waals surface area contributed by atoms with Crippen molar-refractivity contribution in [3.05, 3.63) is 17.0 Å². The summed E-state index contributed by atoms with van der Waals surface area (Å²) in [5, 5.41) is 0.597. The first-order valence-corrected chi connectivity index (χ1v) is 7.43. The first-order chi connectivity index (χ1) is 8.76. The molecule has 98 valence electrons. The van der Waals surface area contributed by atoms with Gasteiger partial charge in [-0.05, 0) is 31.6 Å². The van der Waals surface area contributed by atoms with Gasteiger partial charge in [-0.1, -0.05) is 24.9 Å². The molecule has 1 aliphatic heterocycles. The molecule has 4 heteroatoms. The Morgan fingerprint density at radius 3 is 2.56 bits per heavy atom. The quantitative estimate of drug-likeness (QED) is 0.782. The normalized spacial score (nSPS) is 21.3. The minimum Gasteiger partial charge on any atom is -0.356 e. The number of halogens is 1. The first-order valence-electron chi connectivity index (χ1n) is 7.05. The summed E-state index contributed by atoms with van der Waals surface area (Å²) in [5.74, 6) is 3.44. The summed E-state index contributed by atoms with van der Waals surface area (Å²) in [4.78, 5) is 11.4. The molecule has 1 aromatic heterocycles. The third-order valence-corrected chi connectivity index (χ3v) is 4.35. The van der Waals surface area contributed by atoms with Crippen LogP contribution in [0.25, 0.3) is 0 Å². The second-order valence-electron chi connectivity index (χ2n) is 5.52. The van der Waals surface area contributed by atoms with Crippen molar-refractivity contribution in [1.82, 2.24) is 9.97 Å². The highest BCUT2D eigenvalue weighted by atomic mass is 35.5. The number of piperidine rings is 1. The van der Waals surface area contributed by atoms with Crippen molar-refractivity contribution in [2.45, 2.75) is 44.9 Å². The standard InChI is InChI=1S/C14H20ClN3/c1-2-10-5-7-18(8-6-10)13-9-12(15)16-14(17-13)11-3-4-11/h9-11H,2-8H2,1H3. The Balaban J connectivity index is 1.75. The zero-order chi connectivity index (χ0) is 12.5. The summed E-state index contributed by atoms with van der Waals surface area (Å²) in [5.41, 5.74) is 0. The van der Waals surface area contributed by atoms with Gasteiger partial charge in [0.2, 0.25) is 0 Å². The van der Waals surface area contributed by atoms with Gasteiger partial charge in [-0.25, -0.2) is 9.97 Å². The maximum absolute atomic E-state index is 6.12. The van der Waals surface area contributed by atoms with Crippen molar-refractivity contribution in [3.63, 3.8) is 0 Å². The Morgan fingerprint density at radius 2 is 1.94 bits per heavy atom. The number of aromatic nitrogens is 2. The Morgan fingerprint density at radius 1 is 1.22 bits per heavy atom. The molecule has 2 aliphatic rings. The maximum atomic E-state index is 6.12. The van der Waals surface area contributed by atoms with Gasteiger partial charge in [0, 0.05) is 25.1 Å². The van der Waals surface area contributed by atoms with E-state index in [-0.39, 0.29) is 0 Å². The molecular formula is C14H20ClN3. The predicted octanol–water partition coefficient (Wildman–Crippen LogP) is 3.63. The molecule has 0 spiro atoms. The van der Waals surface area contributed by atoms with Crippen LogP contribution in [-0.2, 0) is 0 Å². The van der Waals surface area contributed by atoms with Crippen molar-refractivity contribution in [2.24, 2.45) is 5.92 Å². The molecule has 3 nitrogen and oxygen atoms in total. The molecule has 0 radical (unpaired) electrons. The smallest absolute Gasteiger partial charge is 0.135 e. The molecule has 0 atom stereocenters. The Kier molecular flexibility index (Phi) is 3.42. The molecule has 1 aliphatic carbocycles. The van der Waals surface area contributed by atoms with Crippen LogP contribution in [0.15, 0.2) is 6.07 Å². The van der Waals surface area contributed by atoms with Crippen molar-refractivity contribution >= 4 is 17.4 Å². The van der Waals surface area contributed by atoms with E-state index in [1.165, 1.54) is 32.1 Å². The summed E-state index contributed by atoms with van der Waals surface area (Å²) in [7, 11) is 0. The van der Waals surface area contributed by atoms with Crippen LogP contribution in [0.3, 0.4) is 0 Å². The molecular weight excluding hydrogens is 246 g/mol. The summed E-state index contributed by atoms with van der Waals surface area (Å²) in [6.45, 7) is 4.50. The van der Waals surface area contributed by atoms with E-state index in [0.717, 1.165) is 30.6 Å². The van der Waals surface area contributed by atoms with Crippen LogP contribution in [0.5, 0.6) is 0 Å². The van der Waals surface area contributed by atoms with Gasteiger partial charge < -0.3 is 4.90 Å². The highest BCUT2D eigenvalue weighted by Crippen LogP contribution is 2.39. The lowest BCUT2D eigenvalue weighted by Crippen LogP contribution is -2.34. The fourth-order valence-corrected chi connectivity index (χ4v) is 2.86. The SMILES string of the molecule is CCC1CCN(c2cc(Cl)nc(C3CC3)n2)CC1. The topological polar surface area (TPSA) is 29.0 Å². The molecule has 0 bridgehead atoms. The van der Waals surface area contributed by atoms with Crippen LogP contribution in [0.2, 0.25) is 5.15 Å². The van der Waals surface area contributed by atoms with Crippen LogP contribution in [0, 0.1) is 5.92 Å². The number of hydrogen-bond acceptors (Lipinski definition) is 3. The Bertz CT molecular complexity index is 423. The number of anilines is 1. The van der Waals surface area contributed by atoms with Gasteiger partial charge in [-0.3, -0.25) is 0 Å². The van der Waals surface area contributed by atoms with E-state index in [1.54, 1.807) is 0 Å². The number of rotatable bonds is 3. The molecule has 0 aromatic carbocycles. The molecule has 2 heterocycles. The molecule has 1 saturated heterocycles. The lowest BCUT2D eigenvalue weighted by atomic mass is 9.94. The molecule has 2 fully saturated rings. The van der Waals surface area contributed by atoms with Gasteiger partial charge in [-0.2, -0.15) is 0 Å². The van der Waals surface area contributed by atoms with Gasteiger partial charge in [0.25, 0.3) is 0 Å². The summed E-state index contributed by atoms with van der Waals surface area (Å²) < 4.78 is 0. The number of hydrogen-bond donors (Lipinski definition) is 0. The van der Waals surface area contributed by atoms with Crippen LogP contribution in [0.4, 0.5) is 5.82 Å². The van der Waals surface area contributed by atoms with Crippen molar-refractivity contribution in [2.75, 3.05) is 18.0 Å². The summed E-state index contributed by atoms with van der Waals surface area (Å²) >= 11 is 6.12. The lowest BCUT2D eigenvalue weighted by Gasteiger charge is -2.32. The van der Waals surface area contributed by atoms with Gasteiger partial charge in [0.15, 0.2) is 0 Å².